The number of hydrogen-bond donors (Lipinski definition) is 1. The summed E-state index contributed by atoms with van der Waals surface area (Å²) < 4.78 is 20.0. The SMILES string of the molecule is CCOC(=O)CCC(=O)NC(C)c1nnc(SCc2ccc(F)cc2)n1-c1ccc(C)cc1. The van der Waals surface area contributed by atoms with Crippen LogP contribution in [0.2, 0.25) is 0 Å². The summed E-state index contributed by atoms with van der Waals surface area (Å²) in [6, 6.07) is 13.8. The van der Waals surface area contributed by atoms with Crippen LogP contribution in [0.15, 0.2) is 53.7 Å². The van der Waals surface area contributed by atoms with Crippen molar-refractivity contribution in [1.82, 2.24) is 20.1 Å². The van der Waals surface area contributed by atoms with Gasteiger partial charge in [-0.05, 0) is 50.6 Å². The van der Waals surface area contributed by atoms with Crippen molar-refractivity contribution in [2.24, 2.45) is 0 Å². The third-order valence-electron chi connectivity index (χ3n) is 4.86. The van der Waals surface area contributed by atoms with Crippen molar-refractivity contribution in [3.63, 3.8) is 0 Å². The highest BCUT2D eigenvalue weighted by Crippen LogP contribution is 2.28. The summed E-state index contributed by atoms with van der Waals surface area (Å²) in [6.07, 6.45) is 0.0594. The van der Waals surface area contributed by atoms with Crippen molar-refractivity contribution in [3.8, 4) is 5.69 Å². The third-order valence-corrected chi connectivity index (χ3v) is 5.86. The number of carbonyl (C=O) groups is 2. The van der Waals surface area contributed by atoms with E-state index in [1.807, 2.05) is 42.7 Å². The molecule has 0 radical (unpaired) electrons. The van der Waals surface area contributed by atoms with Gasteiger partial charge in [-0.1, -0.05) is 41.6 Å². The number of aryl methyl sites for hydroxylation is 1. The van der Waals surface area contributed by atoms with Gasteiger partial charge in [-0.2, -0.15) is 0 Å². The molecule has 0 saturated heterocycles. The van der Waals surface area contributed by atoms with Gasteiger partial charge in [0.05, 0.1) is 19.1 Å². The summed E-state index contributed by atoms with van der Waals surface area (Å²) in [5.41, 5.74) is 2.95. The normalized spacial score (nSPS) is 11.8. The maximum atomic E-state index is 13.2. The fraction of sp³-hybridized carbons (Fsp3) is 0.333. The summed E-state index contributed by atoms with van der Waals surface area (Å²) in [4.78, 5) is 23.9. The first-order chi connectivity index (χ1) is 15.9. The molecule has 0 fully saturated rings. The van der Waals surface area contributed by atoms with Crippen LogP contribution in [0.3, 0.4) is 0 Å². The number of rotatable bonds is 10. The monoisotopic (exact) mass is 470 g/mol. The van der Waals surface area contributed by atoms with Crippen LogP contribution >= 0.6 is 11.8 Å². The first kappa shape index (κ1) is 24.4. The number of nitrogens with zero attached hydrogens (tertiary/aromatic N) is 3. The number of nitrogens with one attached hydrogen (secondary N) is 1. The van der Waals surface area contributed by atoms with Gasteiger partial charge in [0.25, 0.3) is 0 Å². The maximum absolute atomic E-state index is 13.2. The molecule has 0 saturated carbocycles. The molecule has 1 unspecified atom stereocenters. The van der Waals surface area contributed by atoms with Crippen molar-refractivity contribution in [2.45, 2.75) is 50.6 Å². The second kappa shape index (κ2) is 11.6. The Morgan fingerprint density at radius 1 is 1.09 bits per heavy atom. The van der Waals surface area contributed by atoms with Gasteiger partial charge in [0.1, 0.15) is 5.82 Å². The lowest BCUT2D eigenvalue weighted by atomic mass is 10.2. The van der Waals surface area contributed by atoms with Gasteiger partial charge in [-0.15, -0.1) is 10.2 Å². The molecule has 1 heterocycles. The first-order valence-corrected chi connectivity index (χ1v) is 11.7. The molecule has 1 amide bonds. The van der Waals surface area contributed by atoms with Crippen LogP contribution in [0.25, 0.3) is 5.69 Å². The highest BCUT2D eigenvalue weighted by atomic mass is 32.2. The zero-order valence-electron chi connectivity index (χ0n) is 18.9. The predicted molar refractivity (Wildman–Crippen MR) is 124 cm³/mol. The molecule has 1 N–H and O–H groups in total. The molecule has 3 aromatic rings. The van der Waals surface area contributed by atoms with E-state index in [2.05, 4.69) is 15.5 Å². The van der Waals surface area contributed by atoms with Gasteiger partial charge >= 0.3 is 5.97 Å². The molecule has 7 nitrogen and oxygen atoms in total. The van der Waals surface area contributed by atoms with E-state index in [0.29, 0.717) is 16.7 Å². The van der Waals surface area contributed by atoms with Crippen molar-refractivity contribution >= 4 is 23.6 Å². The summed E-state index contributed by atoms with van der Waals surface area (Å²) in [5, 5.41) is 12.2. The average molecular weight is 471 g/mol. The lowest BCUT2D eigenvalue weighted by molar-refractivity contribution is -0.144. The van der Waals surface area contributed by atoms with E-state index in [-0.39, 0.29) is 31.2 Å². The van der Waals surface area contributed by atoms with Gasteiger partial charge in [0.2, 0.25) is 5.91 Å². The number of esters is 1. The fourth-order valence-electron chi connectivity index (χ4n) is 3.15. The van der Waals surface area contributed by atoms with Crippen molar-refractivity contribution < 1.29 is 18.7 Å². The van der Waals surface area contributed by atoms with Crippen LogP contribution in [0, 0.1) is 12.7 Å². The Balaban J connectivity index is 1.78. The van der Waals surface area contributed by atoms with Gasteiger partial charge in [-0.25, -0.2) is 4.39 Å². The molecular formula is C24H27FN4O3S. The highest BCUT2D eigenvalue weighted by molar-refractivity contribution is 7.98. The third kappa shape index (κ3) is 6.89. The zero-order chi connectivity index (χ0) is 23.8. The number of carbonyl (C=O) groups excluding carboxylic acids is 2. The van der Waals surface area contributed by atoms with Crippen LogP contribution in [0.5, 0.6) is 0 Å². The van der Waals surface area contributed by atoms with E-state index in [1.165, 1.54) is 23.9 Å². The Kier molecular flexibility index (Phi) is 8.59. The van der Waals surface area contributed by atoms with Gasteiger partial charge in [0, 0.05) is 17.9 Å². The van der Waals surface area contributed by atoms with Crippen LogP contribution in [-0.2, 0) is 20.1 Å². The molecule has 2 aromatic carbocycles. The minimum Gasteiger partial charge on any atom is -0.466 e. The van der Waals surface area contributed by atoms with Gasteiger partial charge < -0.3 is 10.1 Å². The molecule has 9 heteroatoms. The van der Waals surface area contributed by atoms with E-state index in [0.717, 1.165) is 16.8 Å². The van der Waals surface area contributed by atoms with E-state index in [4.69, 9.17) is 4.74 Å². The molecule has 0 aliphatic carbocycles. The number of halogens is 1. The lowest BCUT2D eigenvalue weighted by Crippen LogP contribution is -2.29. The molecule has 1 aromatic heterocycles. The molecule has 1 atom stereocenters. The van der Waals surface area contributed by atoms with E-state index >= 15 is 0 Å². The fourth-order valence-corrected chi connectivity index (χ4v) is 4.06. The maximum Gasteiger partial charge on any atom is 0.306 e. The molecule has 0 aliphatic heterocycles. The highest BCUT2D eigenvalue weighted by Gasteiger charge is 2.21. The summed E-state index contributed by atoms with van der Waals surface area (Å²) in [7, 11) is 0. The molecule has 0 bridgehead atoms. The molecule has 3 rings (SSSR count). The smallest absolute Gasteiger partial charge is 0.306 e. The van der Waals surface area contributed by atoms with Crippen LogP contribution in [0.4, 0.5) is 4.39 Å². The van der Waals surface area contributed by atoms with Crippen molar-refractivity contribution in [2.75, 3.05) is 6.61 Å². The number of aromatic nitrogens is 3. The van der Waals surface area contributed by atoms with Crippen LogP contribution in [-0.4, -0.2) is 33.2 Å². The topological polar surface area (TPSA) is 86.1 Å². The number of amides is 1. The summed E-state index contributed by atoms with van der Waals surface area (Å²) >= 11 is 1.47. The Morgan fingerprint density at radius 3 is 2.45 bits per heavy atom. The number of hydrogen-bond acceptors (Lipinski definition) is 6. The summed E-state index contributed by atoms with van der Waals surface area (Å²) in [6.45, 7) is 5.84. The van der Waals surface area contributed by atoms with E-state index < -0.39 is 12.0 Å². The van der Waals surface area contributed by atoms with Crippen molar-refractivity contribution in [3.05, 3.63) is 71.3 Å². The molecule has 0 aliphatic rings. The minimum absolute atomic E-state index is 0.0236. The zero-order valence-corrected chi connectivity index (χ0v) is 19.7. The Labute approximate surface area is 196 Å². The predicted octanol–water partition coefficient (Wildman–Crippen LogP) is 4.53. The Morgan fingerprint density at radius 2 is 1.79 bits per heavy atom. The lowest BCUT2D eigenvalue weighted by Gasteiger charge is -2.16. The Bertz CT molecular complexity index is 1080. The molecule has 174 valence electrons. The standard InChI is InChI=1S/C24H27FN4O3S/c1-4-32-22(31)14-13-21(30)26-17(3)23-27-28-24(29(23)20-11-5-16(2)6-12-20)33-15-18-7-9-19(25)10-8-18/h5-12,17H,4,13-15H2,1-3H3,(H,26,30). The van der Waals surface area contributed by atoms with E-state index in [9.17, 15) is 14.0 Å². The molecule has 33 heavy (non-hydrogen) atoms. The van der Waals surface area contributed by atoms with Crippen LogP contribution < -0.4 is 5.32 Å². The first-order valence-electron chi connectivity index (χ1n) is 10.7. The Hall–Kier alpha value is -3.20. The number of benzene rings is 2. The average Bonchev–Trinajstić information content (AvgIpc) is 3.22. The largest absolute Gasteiger partial charge is 0.466 e. The number of thioether (sulfide) groups is 1. The van der Waals surface area contributed by atoms with E-state index in [1.54, 1.807) is 19.1 Å². The molecule has 0 spiro atoms. The minimum atomic E-state index is -0.436. The number of ether oxygens (including phenoxy) is 1. The van der Waals surface area contributed by atoms with Crippen molar-refractivity contribution in [1.29, 1.82) is 0 Å². The second-order valence-electron chi connectivity index (χ2n) is 7.52. The quantitative estimate of drug-likeness (QED) is 0.346. The molecular weight excluding hydrogens is 443 g/mol. The van der Waals surface area contributed by atoms with Gasteiger partial charge in [0.15, 0.2) is 11.0 Å². The van der Waals surface area contributed by atoms with Crippen LogP contribution in [0.1, 0.15) is 49.7 Å². The second-order valence-corrected chi connectivity index (χ2v) is 8.46. The summed E-state index contributed by atoms with van der Waals surface area (Å²) in [5.74, 6) is 0.216. The van der Waals surface area contributed by atoms with Gasteiger partial charge in [-0.3, -0.25) is 14.2 Å².